The topological polar surface area (TPSA) is 79.9 Å². The Morgan fingerprint density at radius 2 is 1.73 bits per heavy atom. The zero-order chi connectivity index (χ0) is 34.7. The number of amides is 1. The quantitative estimate of drug-likeness (QED) is 0.203. The summed E-state index contributed by atoms with van der Waals surface area (Å²) in [4.78, 5) is 30.3. The zero-order valence-electron chi connectivity index (χ0n) is 29.5. The van der Waals surface area contributed by atoms with Gasteiger partial charge in [-0.2, -0.15) is 18.2 Å². The minimum Gasteiger partial charge on any atom is -0.369 e. The number of benzene rings is 1. The van der Waals surface area contributed by atoms with Crippen molar-refractivity contribution in [2.45, 2.75) is 78.4 Å². The number of hydrogen-bond acceptors (Lipinski definition) is 8. The van der Waals surface area contributed by atoms with E-state index in [1.54, 1.807) is 4.90 Å². The molecule has 9 nitrogen and oxygen atoms in total. The van der Waals surface area contributed by atoms with Crippen LogP contribution in [0.1, 0.15) is 70.9 Å². The molecule has 1 aromatic heterocycles. The van der Waals surface area contributed by atoms with Gasteiger partial charge in [-0.1, -0.05) is 39.8 Å². The van der Waals surface area contributed by atoms with Crippen molar-refractivity contribution < 1.29 is 18.0 Å². The standard InChI is InChI=1S/C34H49F3N8O.C2H6/c1-4-25-9-6-7-15-45(32(25)46)16-8-14-38-31-29(34(35,36)37)24-39-33(41-31)40-30-11-10-28(23-26(30)5-2)44-21-19-43(20-22-44)27-12-17-42(3)18-13-27;1-2/h6-7,10-11,23-25,27H,4-5,8-9,12-22H2,1-3H3,(H2,38,39,40,41);1-2H3. The van der Waals surface area contributed by atoms with Gasteiger partial charge >= 0.3 is 6.18 Å². The molecule has 0 spiro atoms. The molecule has 2 N–H and O–H groups in total. The van der Waals surface area contributed by atoms with Crippen molar-refractivity contribution in [2.24, 2.45) is 5.92 Å². The number of likely N-dealkylation sites (tertiary alicyclic amines) is 1. The largest absolute Gasteiger partial charge is 0.421 e. The average Bonchev–Trinajstić information content (AvgIpc) is 3.28. The van der Waals surface area contributed by atoms with Crippen molar-refractivity contribution >= 4 is 29.0 Å². The van der Waals surface area contributed by atoms with Gasteiger partial charge < -0.3 is 25.3 Å². The number of anilines is 4. The van der Waals surface area contributed by atoms with Crippen LogP contribution < -0.4 is 15.5 Å². The van der Waals surface area contributed by atoms with Crippen LogP contribution in [-0.4, -0.2) is 103 Å². The highest BCUT2D eigenvalue weighted by Crippen LogP contribution is 2.35. The summed E-state index contributed by atoms with van der Waals surface area (Å²) < 4.78 is 41.6. The highest BCUT2D eigenvalue weighted by atomic mass is 19.4. The van der Waals surface area contributed by atoms with Crippen molar-refractivity contribution in [2.75, 3.05) is 81.5 Å². The van der Waals surface area contributed by atoms with Gasteiger partial charge in [-0.15, -0.1) is 0 Å². The second-order valence-electron chi connectivity index (χ2n) is 12.7. The van der Waals surface area contributed by atoms with Gasteiger partial charge in [0.05, 0.1) is 0 Å². The maximum Gasteiger partial charge on any atom is 0.421 e. The minimum atomic E-state index is -4.60. The highest BCUT2D eigenvalue weighted by molar-refractivity contribution is 5.79. The fourth-order valence-corrected chi connectivity index (χ4v) is 6.73. The van der Waals surface area contributed by atoms with Crippen LogP contribution in [0.2, 0.25) is 0 Å². The van der Waals surface area contributed by atoms with Crippen molar-refractivity contribution in [3.05, 3.63) is 47.7 Å². The van der Waals surface area contributed by atoms with E-state index in [9.17, 15) is 18.0 Å². The van der Waals surface area contributed by atoms with E-state index in [1.807, 2.05) is 39.0 Å². The predicted octanol–water partition coefficient (Wildman–Crippen LogP) is 6.66. The molecule has 1 aromatic carbocycles. The van der Waals surface area contributed by atoms with E-state index in [2.05, 4.69) is 61.4 Å². The maximum absolute atomic E-state index is 13.9. The molecule has 3 aliphatic heterocycles. The Bertz CT molecular complexity index is 1340. The van der Waals surface area contributed by atoms with Crippen molar-refractivity contribution in [3.63, 3.8) is 0 Å². The van der Waals surface area contributed by atoms with Crippen molar-refractivity contribution in [3.8, 4) is 0 Å². The summed E-state index contributed by atoms with van der Waals surface area (Å²) in [6.07, 6.45) is 5.45. The number of piperidine rings is 1. The summed E-state index contributed by atoms with van der Waals surface area (Å²) >= 11 is 0. The van der Waals surface area contributed by atoms with Crippen LogP contribution in [-0.2, 0) is 17.4 Å². The number of halogens is 3. The first-order valence-electron chi connectivity index (χ1n) is 17.9. The summed E-state index contributed by atoms with van der Waals surface area (Å²) in [5, 5.41) is 6.04. The number of aryl methyl sites for hydroxylation is 1. The summed E-state index contributed by atoms with van der Waals surface area (Å²) in [5.41, 5.74) is 2.07. The monoisotopic (exact) mass is 672 g/mol. The normalized spacial score (nSPS) is 19.9. The first kappa shape index (κ1) is 37.4. The first-order chi connectivity index (χ1) is 23.2. The van der Waals surface area contributed by atoms with Crippen LogP contribution >= 0.6 is 0 Å². The van der Waals surface area contributed by atoms with E-state index >= 15 is 0 Å². The number of carbonyl (C=O) groups excluding carboxylic acids is 1. The number of carbonyl (C=O) groups is 1. The molecule has 0 bridgehead atoms. The molecular formula is C36H55F3N8O. The molecule has 2 aromatic rings. The Labute approximate surface area is 285 Å². The molecule has 5 rings (SSSR count). The van der Waals surface area contributed by atoms with Gasteiger partial charge in [0.2, 0.25) is 11.9 Å². The molecule has 2 fully saturated rings. The molecule has 3 aliphatic rings. The van der Waals surface area contributed by atoms with Gasteiger partial charge in [0.25, 0.3) is 0 Å². The van der Waals surface area contributed by atoms with Crippen molar-refractivity contribution in [1.82, 2.24) is 24.7 Å². The summed E-state index contributed by atoms with van der Waals surface area (Å²) in [6.45, 7) is 15.7. The molecule has 1 unspecified atom stereocenters. The zero-order valence-corrected chi connectivity index (χ0v) is 29.5. The van der Waals surface area contributed by atoms with Crippen LogP contribution in [0.5, 0.6) is 0 Å². The summed E-state index contributed by atoms with van der Waals surface area (Å²) in [7, 11) is 2.20. The number of nitrogens with zero attached hydrogens (tertiary/aromatic N) is 6. The molecule has 2 saturated heterocycles. The van der Waals surface area contributed by atoms with Gasteiger partial charge in [0.15, 0.2) is 0 Å². The van der Waals surface area contributed by atoms with Crippen LogP contribution in [0.25, 0.3) is 0 Å². The molecule has 0 radical (unpaired) electrons. The van der Waals surface area contributed by atoms with Crippen molar-refractivity contribution in [1.29, 1.82) is 0 Å². The number of rotatable bonds is 11. The molecule has 0 aliphatic carbocycles. The molecular weight excluding hydrogens is 617 g/mol. The third-order valence-electron chi connectivity index (χ3n) is 9.66. The Hall–Kier alpha value is -3.38. The minimum absolute atomic E-state index is 0.0414. The number of alkyl halides is 3. The Balaban J connectivity index is 0.00000255. The smallest absolute Gasteiger partial charge is 0.369 e. The molecule has 266 valence electrons. The predicted molar refractivity (Wildman–Crippen MR) is 189 cm³/mol. The van der Waals surface area contributed by atoms with Crippen LogP contribution in [0.3, 0.4) is 0 Å². The molecule has 4 heterocycles. The fraction of sp³-hybridized carbons (Fsp3) is 0.639. The van der Waals surface area contributed by atoms with Crippen LogP contribution in [0.15, 0.2) is 36.5 Å². The molecule has 1 atom stereocenters. The second-order valence-corrected chi connectivity index (χ2v) is 12.7. The van der Waals surface area contributed by atoms with Crippen LogP contribution in [0.4, 0.5) is 36.3 Å². The third-order valence-corrected chi connectivity index (χ3v) is 9.66. The summed E-state index contributed by atoms with van der Waals surface area (Å²) in [5.74, 6) is -0.107. The number of aromatic nitrogens is 2. The van der Waals surface area contributed by atoms with Gasteiger partial charge in [0.1, 0.15) is 11.4 Å². The average molecular weight is 673 g/mol. The van der Waals surface area contributed by atoms with E-state index < -0.39 is 11.7 Å². The van der Waals surface area contributed by atoms with E-state index in [4.69, 9.17) is 0 Å². The number of hydrogen-bond donors (Lipinski definition) is 2. The molecule has 12 heteroatoms. The lowest BCUT2D eigenvalue weighted by atomic mass is 10.0. The van der Waals surface area contributed by atoms with E-state index in [-0.39, 0.29) is 30.1 Å². The molecule has 48 heavy (non-hydrogen) atoms. The van der Waals surface area contributed by atoms with E-state index in [0.717, 1.165) is 81.7 Å². The Kier molecular flexibility index (Phi) is 13.9. The van der Waals surface area contributed by atoms with Gasteiger partial charge in [-0.05, 0) is 82.4 Å². The Morgan fingerprint density at radius 1 is 1.00 bits per heavy atom. The summed E-state index contributed by atoms with van der Waals surface area (Å²) in [6, 6.07) is 6.88. The molecule has 0 saturated carbocycles. The highest BCUT2D eigenvalue weighted by Gasteiger charge is 2.35. The van der Waals surface area contributed by atoms with Gasteiger partial charge in [0, 0.05) is 75.3 Å². The van der Waals surface area contributed by atoms with E-state index in [1.165, 1.54) is 12.8 Å². The third kappa shape index (κ3) is 9.84. The number of nitrogens with one attached hydrogen (secondary N) is 2. The lowest BCUT2D eigenvalue weighted by molar-refractivity contribution is -0.137. The fourth-order valence-electron chi connectivity index (χ4n) is 6.73. The number of allylic oxidation sites excluding steroid dienone is 1. The number of piperazine rings is 1. The van der Waals surface area contributed by atoms with Gasteiger partial charge in [-0.25, -0.2) is 4.98 Å². The Morgan fingerprint density at radius 3 is 2.40 bits per heavy atom. The second kappa shape index (κ2) is 17.9. The maximum atomic E-state index is 13.9. The first-order valence-corrected chi connectivity index (χ1v) is 17.9. The lowest BCUT2D eigenvalue weighted by Gasteiger charge is -2.43. The van der Waals surface area contributed by atoms with Crippen LogP contribution in [0, 0.1) is 5.92 Å². The van der Waals surface area contributed by atoms with E-state index in [0.29, 0.717) is 25.6 Å². The SMILES string of the molecule is CC.CCc1cc(N2CCN(C3CCN(C)CC3)CC2)ccc1Nc1ncc(C(F)(F)F)c(NCCCN2CC=CCC(CC)C2=O)n1. The lowest BCUT2D eigenvalue weighted by Crippen LogP contribution is -2.53. The molecule has 1 amide bonds. The van der Waals surface area contributed by atoms with Gasteiger partial charge in [-0.3, -0.25) is 9.69 Å².